The summed E-state index contributed by atoms with van der Waals surface area (Å²) in [6.45, 7) is 1.97. The molecule has 5 aromatic rings. The maximum absolute atomic E-state index is 11.7. The molecule has 1 amide bonds. The number of para-hydroxylation sites is 2. The number of carbonyl (C=O) groups is 1. The van der Waals surface area contributed by atoms with Gasteiger partial charge in [-0.1, -0.05) is 65.7 Å². The van der Waals surface area contributed by atoms with Gasteiger partial charge >= 0.3 is 0 Å². The van der Waals surface area contributed by atoms with Gasteiger partial charge in [0.2, 0.25) is 11.5 Å². The minimum Gasteiger partial charge on any atom is -0.326 e. The van der Waals surface area contributed by atoms with Gasteiger partial charge in [-0.25, -0.2) is 0 Å². The summed E-state index contributed by atoms with van der Waals surface area (Å²) in [5, 5.41) is 13.1. The van der Waals surface area contributed by atoms with Crippen molar-refractivity contribution in [3.63, 3.8) is 0 Å². The van der Waals surface area contributed by atoms with Crippen LogP contribution >= 0.6 is 23.2 Å². The summed E-state index contributed by atoms with van der Waals surface area (Å²) >= 11 is 12.7. The molecule has 0 radical (unpaired) electrons. The van der Waals surface area contributed by atoms with Crippen LogP contribution in [0, 0.1) is 5.41 Å². The van der Waals surface area contributed by atoms with Gasteiger partial charge in [0.05, 0.1) is 17.6 Å². The summed E-state index contributed by atoms with van der Waals surface area (Å²) in [6.07, 6.45) is 0. The van der Waals surface area contributed by atoms with Gasteiger partial charge in [0.1, 0.15) is 0 Å². The number of aromatic nitrogens is 2. The number of benzene rings is 4. The smallest absolute Gasteiger partial charge is 0.221 e. The van der Waals surface area contributed by atoms with Gasteiger partial charge in [-0.15, -0.1) is 0 Å². The Morgan fingerprint density at radius 2 is 1.57 bits per heavy atom. The second-order valence-electron chi connectivity index (χ2n) is 8.24. The Labute approximate surface area is 212 Å². The standard InChI is InChI=1S/C28H22Cl2N4O/c1-18(35)32-25-15-12-21(29)16-23(25)19-10-13-22(14-11-19)34-27-9-5-4-8-26(27)33(28(34)31)17-20-6-2-3-7-24(20)30/h2-16,31H,17H2,1H3,(H,32,35). The van der Waals surface area contributed by atoms with Crippen molar-refractivity contribution in [2.45, 2.75) is 13.5 Å². The van der Waals surface area contributed by atoms with Crippen molar-refractivity contribution in [1.29, 1.82) is 5.41 Å². The predicted molar refractivity (Wildman–Crippen MR) is 142 cm³/mol. The molecule has 5 nitrogen and oxygen atoms in total. The zero-order valence-electron chi connectivity index (χ0n) is 18.9. The van der Waals surface area contributed by atoms with Crippen LogP contribution in [0.15, 0.2) is 91.0 Å². The maximum atomic E-state index is 11.7. The van der Waals surface area contributed by atoms with Crippen LogP contribution in [0.2, 0.25) is 10.0 Å². The van der Waals surface area contributed by atoms with Gasteiger partial charge in [0.25, 0.3) is 0 Å². The lowest BCUT2D eigenvalue weighted by Crippen LogP contribution is -2.24. The van der Waals surface area contributed by atoms with Gasteiger partial charge in [0.15, 0.2) is 0 Å². The number of hydrogen-bond donors (Lipinski definition) is 2. The SMILES string of the molecule is CC(=O)Nc1ccc(Cl)cc1-c1ccc(-n2c(=N)n(Cc3ccccc3Cl)c3ccccc32)cc1. The van der Waals surface area contributed by atoms with Crippen LogP contribution in [-0.2, 0) is 11.3 Å². The molecule has 4 aromatic carbocycles. The molecule has 2 N–H and O–H groups in total. The zero-order chi connectivity index (χ0) is 24.5. The molecular formula is C28H22Cl2N4O. The largest absolute Gasteiger partial charge is 0.326 e. The predicted octanol–water partition coefficient (Wildman–Crippen LogP) is 6.89. The first-order valence-corrected chi connectivity index (χ1v) is 11.8. The number of nitrogens with one attached hydrogen (secondary N) is 2. The monoisotopic (exact) mass is 500 g/mol. The summed E-state index contributed by atoms with van der Waals surface area (Å²) in [5.41, 5.74) is 6.47. The van der Waals surface area contributed by atoms with Gasteiger partial charge in [0, 0.05) is 33.9 Å². The lowest BCUT2D eigenvalue weighted by Gasteiger charge is -2.12. The number of fused-ring (bicyclic) bond motifs is 1. The van der Waals surface area contributed by atoms with Gasteiger partial charge < -0.3 is 9.88 Å². The van der Waals surface area contributed by atoms with Crippen molar-refractivity contribution in [3.05, 3.63) is 112 Å². The molecule has 0 aliphatic rings. The van der Waals surface area contributed by atoms with E-state index in [9.17, 15) is 4.79 Å². The van der Waals surface area contributed by atoms with E-state index in [4.69, 9.17) is 28.6 Å². The Bertz CT molecular complexity index is 1620. The Morgan fingerprint density at radius 3 is 2.29 bits per heavy atom. The molecule has 0 aliphatic carbocycles. The topological polar surface area (TPSA) is 62.8 Å². The first kappa shape index (κ1) is 23.0. The van der Waals surface area contributed by atoms with E-state index in [-0.39, 0.29) is 5.91 Å². The molecule has 0 unspecified atom stereocenters. The molecule has 0 spiro atoms. The molecule has 35 heavy (non-hydrogen) atoms. The van der Waals surface area contributed by atoms with Crippen LogP contribution in [0.1, 0.15) is 12.5 Å². The fourth-order valence-corrected chi connectivity index (χ4v) is 4.66. The highest BCUT2D eigenvalue weighted by Gasteiger charge is 2.14. The van der Waals surface area contributed by atoms with Crippen molar-refractivity contribution < 1.29 is 4.79 Å². The molecule has 7 heteroatoms. The first-order chi connectivity index (χ1) is 16.9. The Kier molecular flexibility index (Phi) is 6.20. The van der Waals surface area contributed by atoms with E-state index in [0.717, 1.165) is 33.4 Å². The fraction of sp³-hybridized carbons (Fsp3) is 0.0714. The number of carbonyl (C=O) groups excluding carboxylic acids is 1. The second-order valence-corrected chi connectivity index (χ2v) is 9.09. The molecular weight excluding hydrogens is 479 g/mol. The molecule has 1 heterocycles. The number of rotatable bonds is 5. The Morgan fingerprint density at radius 1 is 0.886 bits per heavy atom. The lowest BCUT2D eigenvalue weighted by molar-refractivity contribution is -0.114. The number of imidazole rings is 1. The molecule has 174 valence electrons. The number of amides is 1. The highest BCUT2D eigenvalue weighted by atomic mass is 35.5. The van der Waals surface area contributed by atoms with E-state index in [2.05, 4.69) is 5.32 Å². The first-order valence-electron chi connectivity index (χ1n) is 11.1. The summed E-state index contributed by atoms with van der Waals surface area (Å²) in [6, 6.07) is 28.9. The number of nitrogens with zero attached hydrogens (tertiary/aromatic N) is 2. The molecule has 0 bridgehead atoms. The van der Waals surface area contributed by atoms with Crippen molar-refractivity contribution in [1.82, 2.24) is 9.13 Å². The fourth-order valence-electron chi connectivity index (χ4n) is 4.29. The molecule has 0 aliphatic heterocycles. The van der Waals surface area contributed by atoms with Crippen molar-refractivity contribution >= 4 is 45.8 Å². The van der Waals surface area contributed by atoms with E-state index in [0.29, 0.717) is 27.9 Å². The summed E-state index contributed by atoms with van der Waals surface area (Å²) < 4.78 is 3.87. The van der Waals surface area contributed by atoms with Crippen molar-refractivity contribution in [2.75, 3.05) is 5.32 Å². The number of hydrogen-bond acceptors (Lipinski definition) is 2. The molecule has 0 atom stereocenters. The number of anilines is 1. The van der Waals surface area contributed by atoms with Gasteiger partial charge in [-0.2, -0.15) is 0 Å². The average molecular weight is 501 g/mol. The van der Waals surface area contributed by atoms with Crippen LogP contribution < -0.4 is 10.9 Å². The minimum atomic E-state index is -0.147. The van der Waals surface area contributed by atoms with E-state index in [1.165, 1.54) is 6.92 Å². The van der Waals surface area contributed by atoms with E-state index >= 15 is 0 Å². The van der Waals surface area contributed by atoms with Gasteiger partial charge in [-0.3, -0.25) is 14.8 Å². The van der Waals surface area contributed by atoms with Crippen LogP contribution in [0.4, 0.5) is 5.69 Å². The van der Waals surface area contributed by atoms with Crippen molar-refractivity contribution in [2.24, 2.45) is 0 Å². The maximum Gasteiger partial charge on any atom is 0.221 e. The summed E-state index contributed by atoms with van der Waals surface area (Å²) in [5.74, 6) is -0.147. The second kappa shape index (κ2) is 9.45. The zero-order valence-corrected chi connectivity index (χ0v) is 20.4. The molecule has 0 fully saturated rings. The summed E-state index contributed by atoms with van der Waals surface area (Å²) in [7, 11) is 0. The quantitative estimate of drug-likeness (QED) is 0.271. The third-order valence-corrected chi connectivity index (χ3v) is 6.50. The molecule has 5 rings (SSSR count). The Hall–Kier alpha value is -3.80. The number of halogens is 2. The third kappa shape index (κ3) is 4.48. The molecule has 0 saturated carbocycles. The average Bonchev–Trinajstić information content (AvgIpc) is 3.13. The highest BCUT2D eigenvalue weighted by molar-refractivity contribution is 6.31. The highest BCUT2D eigenvalue weighted by Crippen LogP contribution is 2.32. The van der Waals surface area contributed by atoms with Crippen LogP contribution in [0.5, 0.6) is 0 Å². The summed E-state index contributed by atoms with van der Waals surface area (Å²) in [4.78, 5) is 11.7. The molecule has 0 saturated heterocycles. The normalized spacial score (nSPS) is 11.1. The van der Waals surface area contributed by atoms with E-state index < -0.39 is 0 Å². The molecule has 1 aromatic heterocycles. The lowest BCUT2D eigenvalue weighted by atomic mass is 10.0. The third-order valence-electron chi connectivity index (χ3n) is 5.90. The Balaban J connectivity index is 1.60. The minimum absolute atomic E-state index is 0.147. The van der Waals surface area contributed by atoms with Crippen LogP contribution in [0.25, 0.3) is 27.8 Å². The van der Waals surface area contributed by atoms with Crippen LogP contribution in [0.3, 0.4) is 0 Å². The van der Waals surface area contributed by atoms with Crippen LogP contribution in [-0.4, -0.2) is 15.0 Å². The van der Waals surface area contributed by atoms with Crippen molar-refractivity contribution in [3.8, 4) is 16.8 Å². The van der Waals surface area contributed by atoms with Gasteiger partial charge in [-0.05, 0) is 59.7 Å². The van der Waals surface area contributed by atoms with E-state index in [1.807, 2.05) is 88.0 Å². The van der Waals surface area contributed by atoms with E-state index in [1.54, 1.807) is 12.1 Å².